The fourth-order valence-electron chi connectivity index (χ4n) is 1.09. The highest BCUT2D eigenvalue weighted by atomic mass is 16.8. The van der Waals surface area contributed by atoms with Gasteiger partial charge in [-0.15, -0.1) is 0 Å². The maximum absolute atomic E-state index is 10.8. The van der Waals surface area contributed by atoms with Gasteiger partial charge in [-0.3, -0.25) is 4.79 Å². The van der Waals surface area contributed by atoms with Crippen LogP contribution in [0.3, 0.4) is 0 Å². The molecule has 0 radical (unpaired) electrons. The third kappa shape index (κ3) is 3.51. The normalized spacial score (nSPS) is 12.7. The number of quaternary nitrogens is 1. The van der Waals surface area contributed by atoms with Gasteiger partial charge in [0.05, 0.1) is 0 Å². The van der Waals surface area contributed by atoms with E-state index in [0.29, 0.717) is 5.56 Å². The number of amides is 1. The van der Waals surface area contributed by atoms with E-state index in [4.69, 9.17) is 5.21 Å². The average Bonchev–Trinajstić information content (AvgIpc) is 2.17. The summed E-state index contributed by atoms with van der Waals surface area (Å²) < 4.78 is 0. The second kappa shape index (κ2) is 5.26. The summed E-state index contributed by atoms with van der Waals surface area (Å²) in [6.45, 7) is 1.38. The van der Waals surface area contributed by atoms with E-state index in [1.165, 1.54) is 19.2 Å². The zero-order valence-electron chi connectivity index (χ0n) is 8.23. The average molecular weight is 208 g/mol. The number of carbonyl (C=O) groups is 1. The molecule has 1 amide bonds. The Hall–Kier alpha value is -1.69. The Labute approximate surface area is 87.2 Å². The van der Waals surface area contributed by atoms with Crippen molar-refractivity contribution < 1.29 is 15.2 Å². The summed E-state index contributed by atoms with van der Waals surface area (Å²) in [5.74, 6) is -0.195. The molecular weight excluding hydrogens is 196 g/mol. The molecule has 0 saturated carbocycles. The van der Waals surface area contributed by atoms with E-state index in [-0.39, 0.29) is 11.6 Å². The second-order valence-corrected chi connectivity index (χ2v) is 2.93. The molecule has 1 rings (SSSR count). The van der Waals surface area contributed by atoms with Crippen molar-refractivity contribution in [1.82, 2.24) is 5.32 Å². The van der Waals surface area contributed by atoms with Crippen molar-refractivity contribution in [1.29, 1.82) is 0 Å². The van der Waals surface area contributed by atoms with Gasteiger partial charge in [0.2, 0.25) is 5.91 Å². The number of hydrogen-bond acceptors (Lipinski definition) is 3. The smallest absolute Gasteiger partial charge is 0.220 e. The SMILES string of the molecule is CC(=O)NC=Cc1ccccc1[NH+]([O-])O. The molecule has 5 nitrogen and oxygen atoms in total. The Morgan fingerprint density at radius 2 is 2.20 bits per heavy atom. The molecule has 0 aliphatic carbocycles. The summed E-state index contributed by atoms with van der Waals surface area (Å²) in [6, 6.07) is 6.57. The summed E-state index contributed by atoms with van der Waals surface area (Å²) in [7, 11) is 0. The molecule has 5 heteroatoms. The molecule has 0 heterocycles. The highest BCUT2D eigenvalue weighted by Crippen LogP contribution is 2.11. The third-order valence-corrected chi connectivity index (χ3v) is 1.74. The van der Waals surface area contributed by atoms with Crippen molar-refractivity contribution in [3.05, 3.63) is 41.2 Å². The van der Waals surface area contributed by atoms with Gasteiger partial charge in [0, 0.05) is 24.8 Å². The summed E-state index contributed by atoms with van der Waals surface area (Å²) in [5, 5.41) is 21.1. The molecule has 1 aromatic rings. The van der Waals surface area contributed by atoms with E-state index < -0.39 is 5.23 Å². The molecular formula is C10H12N2O3. The molecule has 1 atom stereocenters. The van der Waals surface area contributed by atoms with Gasteiger partial charge >= 0.3 is 0 Å². The minimum Gasteiger partial charge on any atom is -0.595 e. The van der Waals surface area contributed by atoms with Gasteiger partial charge in [0.1, 0.15) is 0 Å². The Morgan fingerprint density at radius 1 is 1.53 bits per heavy atom. The van der Waals surface area contributed by atoms with Crippen molar-refractivity contribution in [2.24, 2.45) is 0 Å². The Bertz CT molecular complexity index is 375. The molecule has 0 spiro atoms. The monoisotopic (exact) mass is 208 g/mol. The largest absolute Gasteiger partial charge is 0.595 e. The predicted molar refractivity (Wildman–Crippen MR) is 55.1 cm³/mol. The van der Waals surface area contributed by atoms with Gasteiger partial charge in [-0.2, -0.15) is 5.23 Å². The molecule has 1 aromatic carbocycles. The quantitative estimate of drug-likeness (QED) is 0.621. The van der Waals surface area contributed by atoms with Crippen LogP contribution >= 0.6 is 0 Å². The number of rotatable bonds is 3. The molecule has 0 aliphatic heterocycles. The summed E-state index contributed by atoms with van der Waals surface area (Å²) in [6.07, 6.45) is 2.97. The van der Waals surface area contributed by atoms with Crippen molar-refractivity contribution in [2.45, 2.75) is 6.92 Å². The maximum atomic E-state index is 10.8. The first-order valence-corrected chi connectivity index (χ1v) is 4.37. The summed E-state index contributed by atoms with van der Waals surface area (Å²) in [4.78, 5) is 10.6. The molecule has 0 aliphatic rings. The van der Waals surface area contributed by atoms with Gasteiger partial charge in [-0.1, -0.05) is 12.1 Å². The van der Waals surface area contributed by atoms with Gasteiger partial charge < -0.3 is 10.5 Å². The third-order valence-electron chi connectivity index (χ3n) is 1.74. The zero-order valence-corrected chi connectivity index (χ0v) is 8.23. The first kappa shape index (κ1) is 11.4. The Balaban J connectivity index is 2.84. The number of benzene rings is 1. The fraction of sp³-hybridized carbons (Fsp3) is 0.100. The van der Waals surface area contributed by atoms with Crippen LogP contribution in [0.15, 0.2) is 30.5 Å². The lowest BCUT2D eigenvalue weighted by molar-refractivity contribution is -0.991. The topological polar surface area (TPSA) is 76.8 Å². The van der Waals surface area contributed by atoms with E-state index in [1.54, 1.807) is 24.3 Å². The van der Waals surface area contributed by atoms with E-state index in [9.17, 15) is 10.0 Å². The number of carbonyl (C=O) groups excluding carboxylic acids is 1. The van der Waals surface area contributed by atoms with Crippen LogP contribution in [0.25, 0.3) is 6.08 Å². The molecule has 0 saturated heterocycles. The number of para-hydroxylation sites is 1. The molecule has 15 heavy (non-hydrogen) atoms. The van der Waals surface area contributed by atoms with Crippen LogP contribution in [0, 0.1) is 5.21 Å². The van der Waals surface area contributed by atoms with E-state index >= 15 is 0 Å². The lowest BCUT2D eigenvalue weighted by Crippen LogP contribution is -2.99. The summed E-state index contributed by atoms with van der Waals surface area (Å²) in [5.41, 5.74) is 0.762. The number of nitrogens with one attached hydrogen (secondary N) is 2. The van der Waals surface area contributed by atoms with Crippen LogP contribution in [0.4, 0.5) is 5.69 Å². The highest BCUT2D eigenvalue weighted by Gasteiger charge is 2.03. The lowest BCUT2D eigenvalue weighted by Gasteiger charge is -2.13. The van der Waals surface area contributed by atoms with Gasteiger partial charge in [-0.25, -0.2) is 5.21 Å². The molecule has 0 fully saturated rings. The fourth-order valence-corrected chi connectivity index (χ4v) is 1.09. The minimum absolute atomic E-state index is 0.195. The summed E-state index contributed by atoms with van der Waals surface area (Å²) >= 11 is 0. The Morgan fingerprint density at radius 3 is 2.80 bits per heavy atom. The zero-order chi connectivity index (χ0) is 11.3. The standard InChI is InChI=1S/C10H12N2O3/c1-8(13)11-7-6-9-4-2-3-5-10(9)12(14)15/h2-7,12,14H,1H3,(H,11,13). The molecule has 1 unspecified atom stereocenters. The van der Waals surface area contributed by atoms with E-state index in [2.05, 4.69) is 5.32 Å². The number of hydrogen-bond donors (Lipinski definition) is 3. The van der Waals surface area contributed by atoms with Crippen molar-refractivity contribution >= 4 is 17.7 Å². The van der Waals surface area contributed by atoms with E-state index in [1.807, 2.05) is 0 Å². The lowest BCUT2D eigenvalue weighted by atomic mass is 10.2. The van der Waals surface area contributed by atoms with Crippen molar-refractivity contribution in [2.75, 3.05) is 0 Å². The van der Waals surface area contributed by atoms with Crippen LogP contribution in [-0.2, 0) is 4.79 Å². The molecule has 3 N–H and O–H groups in total. The minimum atomic E-state index is -0.988. The molecule has 80 valence electrons. The van der Waals surface area contributed by atoms with E-state index in [0.717, 1.165) is 0 Å². The van der Waals surface area contributed by atoms with Gasteiger partial charge in [-0.05, 0) is 12.1 Å². The predicted octanol–water partition coefficient (Wildman–Crippen LogP) is 0.197. The van der Waals surface area contributed by atoms with Crippen LogP contribution < -0.4 is 10.5 Å². The maximum Gasteiger partial charge on any atom is 0.220 e. The first-order chi connectivity index (χ1) is 7.11. The highest BCUT2D eigenvalue weighted by molar-refractivity contribution is 5.75. The first-order valence-electron chi connectivity index (χ1n) is 4.37. The van der Waals surface area contributed by atoms with Crippen LogP contribution in [0.1, 0.15) is 12.5 Å². The van der Waals surface area contributed by atoms with Crippen molar-refractivity contribution in [3.63, 3.8) is 0 Å². The molecule has 0 aromatic heterocycles. The van der Waals surface area contributed by atoms with Crippen molar-refractivity contribution in [3.8, 4) is 0 Å². The second-order valence-electron chi connectivity index (χ2n) is 2.93. The Kier molecular flexibility index (Phi) is 3.99. The van der Waals surface area contributed by atoms with Crippen LogP contribution in [0.2, 0.25) is 0 Å². The van der Waals surface area contributed by atoms with Gasteiger partial charge in [0.25, 0.3) is 0 Å². The van der Waals surface area contributed by atoms with Crippen LogP contribution in [0.5, 0.6) is 0 Å². The van der Waals surface area contributed by atoms with Gasteiger partial charge in [0.15, 0.2) is 5.69 Å². The van der Waals surface area contributed by atoms with Crippen LogP contribution in [-0.4, -0.2) is 11.1 Å². The molecule has 0 bridgehead atoms.